The molecule has 0 saturated heterocycles. The van der Waals surface area contributed by atoms with Crippen LogP contribution >= 0.6 is 0 Å². The first kappa shape index (κ1) is 24.3. The highest BCUT2D eigenvalue weighted by Crippen LogP contribution is 2.37. The lowest BCUT2D eigenvalue weighted by molar-refractivity contribution is 0.134. The molecule has 5 heteroatoms. The Morgan fingerprint density at radius 1 is 0.824 bits per heavy atom. The van der Waals surface area contributed by atoms with E-state index < -0.39 is 11.6 Å². The van der Waals surface area contributed by atoms with E-state index in [-0.39, 0.29) is 23.9 Å². The van der Waals surface area contributed by atoms with Crippen molar-refractivity contribution in [3.63, 3.8) is 0 Å². The van der Waals surface area contributed by atoms with Gasteiger partial charge in [-0.05, 0) is 66.5 Å². The zero-order valence-electron chi connectivity index (χ0n) is 19.8. The summed E-state index contributed by atoms with van der Waals surface area (Å²) in [5.41, 5.74) is 2.63. The number of benzene rings is 3. The zero-order valence-corrected chi connectivity index (χ0v) is 19.8. The Labute approximate surface area is 199 Å². The third-order valence-electron chi connectivity index (χ3n) is 6.71. The van der Waals surface area contributed by atoms with E-state index in [0.29, 0.717) is 41.6 Å². The van der Waals surface area contributed by atoms with Gasteiger partial charge in [0.05, 0.1) is 6.61 Å². The minimum atomic E-state index is -0.832. The van der Waals surface area contributed by atoms with E-state index in [2.05, 4.69) is 6.92 Å². The van der Waals surface area contributed by atoms with Crippen LogP contribution in [0.5, 0.6) is 5.75 Å². The van der Waals surface area contributed by atoms with Crippen LogP contribution in [0, 0.1) is 23.4 Å². The second kappa shape index (κ2) is 11.1. The average molecular weight is 469 g/mol. The van der Waals surface area contributed by atoms with Gasteiger partial charge in [0.2, 0.25) is 0 Å². The van der Waals surface area contributed by atoms with Crippen molar-refractivity contribution in [2.24, 2.45) is 5.92 Å². The molecule has 0 N–H and O–H groups in total. The standard InChI is InChI=1S/C29H31F3O2/c1-3-33-17-20-6-14-25(27(30)16-20)21-9-12-24(13-10-21)34-18-23-11-15-26(29(32)28(23)31)22-7-4-19(2)5-8-22/h6,9-16,19,22H,3-5,7-8,17-18H2,1-2H3. The lowest BCUT2D eigenvalue weighted by Crippen LogP contribution is -2.13. The van der Waals surface area contributed by atoms with Crippen LogP contribution in [0.1, 0.15) is 62.1 Å². The Balaban J connectivity index is 1.40. The molecule has 0 amide bonds. The van der Waals surface area contributed by atoms with Gasteiger partial charge in [-0.2, -0.15) is 0 Å². The molecular formula is C29H31F3O2. The lowest BCUT2D eigenvalue weighted by atomic mass is 9.79. The van der Waals surface area contributed by atoms with E-state index in [4.69, 9.17) is 9.47 Å². The fourth-order valence-electron chi connectivity index (χ4n) is 4.60. The zero-order chi connectivity index (χ0) is 24.1. The molecule has 0 spiro atoms. The second-order valence-corrected chi connectivity index (χ2v) is 9.16. The highest BCUT2D eigenvalue weighted by atomic mass is 19.2. The number of hydrogen-bond donors (Lipinski definition) is 0. The van der Waals surface area contributed by atoms with Crippen LogP contribution in [0.25, 0.3) is 11.1 Å². The molecule has 4 rings (SSSR count). The first-order chi connectivity index (χ1) is 16.5. The summed E-state index contributed by atoms with van der Waals surface area (Å²) in [6.07, 6.45) is 3.90. The predicted molar refractivity (Wildman–Crippen MR) is 128 cm³/mol. The molecule has 0 aliphatic heterocycles. The molecule has 180 valence electrons. The minimum Gasteiger partial charge on any atom is -0.489 e. The van der Waals surface area contributed by atoms with E-state index in [9.17, 15) is 13.2 Å². The summed E-state index contributed by atoms with van der Waals surface area (Å²) in [6.45, 7) is 4.97. The summed E-state index contributed by atoms with van der Waals surface area (Å²) >= 11 is 0. The number of rotatable bonds is 8. The topological polar surface area (TPSA) is 18.5 Å². The predicted octanol–water partition coefficient (Wildman–Crippen LogP) is 8.18. The molecule has 0 radical (unpaired) electrons. The van der Waals surface area contributed by atoms with E-state index in [1.807, 2.05) is 13.0 Å². The minimum absolute atomic E-state index is 0.0788. The van der Waals surface area contributed by atoms with Gasteiger partial charge in [0.1, 0.15) is 18.2 Å². The van der Waals surface area contributed by atoms with Crippen LogP contribution in [0.2, 0.25) is 0 Å². The van der Waals surface area contributed by atoms with Crippen LogP contribution in [0.3, 0.4) is 0 Å². The van der Waals surface area contributed by atoms with E-state index in [1.165, 1.54) is 6.07 Å². The molecule has 34 heavy (non-hydrogen) atoms. The highest BCUT2D eigenvalue weighted by molar-refractivity contribution is 5.65. The van der Waals surface area contributed by atoms with Gasteiger partial charge in [0.25, 0.3) is 0 Å². The summed E-state index contributed by atoms with van der Waals surface area (Å²) in [5.74, 6) is -0.666. The third-order valence-corrected chi connectivity index (χ3v) is 6.71. The molecule has 1 aliphatic carbocycles. The first-order valence-corrected chi connectivity index (χ1v) is 12.0. The molecule has 2 nitrogen and oxygen atoms in total. The normalized spacial score (nSPS) is 18.1. The Kier molecular flexibility index (Phi) is 7.94. The Morgan fingerprint density at radius 2 is 1.56 bits per heavy atom. The number of hydrogen-bond acceptors (Lipinski definition) is 2. The van der Waals surface area contributed by atoms with Crippen LogP contribution in [0.4, 0.5) is 13.2 Å². The van der Waals surface area contributed by atoms with Gasteiger partial charge in [-0.1, -0.05) is 56.2 Å². The van der Waals surface area contributed by atoms with Crippen LogP contribution < -0.4 is 4.74 Å². The number of halogens is 3. The summed E-state index contributed by atoms with van der Waals surface area (Å²) in [4.78, 5) is 0. The Bertz CT molecular complexity index is 1100. The maximum atomic E-state index is 14.8. The summed E-state index contributed by atoms with van der Waals surface area (Å²) < 4.78 is 55.1. The van der Waals surface area contributed by atoms with Crippen molar-refractivity contribution < 1.29 is 22.6 Å². The van der Waals surface area contributed by atoms with Gasteiger partial charge < -0.3 is 9.47 Å². The number of ether oxygens (including phenoxy) is 2. The van der Waals surface area contributed by atoms with Gasteiger partial charge in [-0.3, -0.25) is 0 Å². The van der Waals surface area contributed by atoms with Gasteiger partial charge >= 0.3 is 0 Å². The van der Waals surface area contributed by atoms with E-state index in [0.717, 1.165) is 31.2 Å². The van der Waals surface area contributed by atoms with Crippen molar-refractivity contribution in [3.8, 4) is 16.9 Å². The van der Waals surface area contributed by atoms with Gasteiger partial charge in [0, 0.05) is 17.7 Å². The molecular weight excluding hydrogens is 437 g/mol. The largest absolute Gasteiger partial charge is 0.489 e. The molecule has 0 unspecified atom stereocenters. The Hall–Kier alpha value is -2.79. The van der Waals surface area contributed by atoms with Crippen molar-refractivity contribution >= 4 is 0 Å². The summed E-state index contributed by atoms with van der Waals surface area (Å²) in [5, 5.41) is 0. The maximum absolute atomic E-state index is 14.8. The van der Waals surface area contributed by atoms with Crippen LogP contribution in [-0.2, 0) is 18.0 Å². The van der Waals surface area contributed by atoms with Gasteiger partial charge in [-0.25, -0.2) is 13.2 Å². The summed E-state index contributed by atoms with van der Waals surface area (Å²) in [7, 11) is 0. The molecule has 1 aliphatic rings. The molecule has 0 bridgehead atoms. The fraction of sp³-hybridized carbons (Fsp3) is 0.379. The van der Waals surface area contributed by atoms with Crippen molar-refractivity contribution in [2.45, 2.75) is 58.7 Å². The lowest BCUT2D eigenvalue weighted by Gasteiger charge is -2.27. The second-order valence-electron chi connectivity index (χ2n) is 9.16. The van der Waals surface area contributed by atoms with Crippen molar-refractivity contribution in [2.75, 3.05) is 6.61 Å². The van der Waals surface area contributed by atoms with Crippen molar-refractivity contribution in [1.82, 2.24) is 0 Å². The summed E-state index contributed by atoms with van der Waals surface area (Å²) in [6, 6.07) is 15.3. The quantitative estimate of drug-likeness (QED) is 0.332. The van der Waals surface area contributed by atoms with E-state index >= 15 is 0 Å². The smallest absolute Gasteiger partial charge is 0.165 e. The molecule has 3 aromatic rings. The molecule has 0 heterocycles. The van der Waals surface area contributed by atoms with Crippen molar-refractivity contribution in [1.29, 1.82) is 0 Å². The Morgan fingerprint density at radius 3 is 2.24 bits per heavy atom. The highest BCUT2D eigenvalue weighted by Gasteiger charge is 2.24. The van der Waals surface area contributed by atoms with Crippen LogP contribution in [0.15, 0.2) is 54.6 Å². The maximum Gasteiger partial charge on any atom is 0.165 e. The van der Waals surface area contributed by atoms with E-state index in [1.54, 1.807) is 42.5 Å². The molecule has 0 atom stereocenters. The monoisotopic (exact) mass is 468 g/mol. The average Bonchev–Trinajstić information content (AvgIpc) is 2.85. The SMILES string of the molecule is CCOCc1ccc(-c2ccc(OCc3ccc(C4CCC(C)CC4)c(F)c3F)cc2)c(F)c1. The molecule has 0 aromatic heterocycles. The fourth-order valence-corrected chi connectivity index (χ4v) is 4.60. The van der Waals surface area contributed by atoms with Gasteiger partial charge in [0.15, 0.2) is 11.6 Å². The van der Waals surface area contributed by atoms with Crippen molar-refractivity contribution in [3.05, 3.63) is 88.7 Å². The first-order valence-electron chi connectivity index (χ1n) is 12.0. The molecule has 1 saturated carbocycles. The van der Waals surface area contributed by atoms with Crippen LogP contribution in [-0.4, -0.2) is 6.61 Å². The third kappa shape index (κ3) is 5.64. The molecule has 3 aromatic carbocycles. The molecule has 1 fully saturated rings. The van der Waals surface area contributed by atoms with Gasteiger partial charge in [-0.15, -0.1) is 0 Å².